The number of β-amino-alcohol motifs (C(OH)–C–C–N with tert-alkyl or cyclic N) is 1. The number of ether oxygens (including phenoxy) is 1. The van der Waals surface area contributed by atoms with Crippen LogP contribution in [0, 0.1) is 5.92 Å². The van der Waals surface area contributed by atoms with Crippen molar-refractivity contribution in [2.45, 2.75) is 38.7 Å². The highest BCUT2D eigenvalue weighted by Gasteiger charge is 2.29. The van der Waals surface area contributed by atoms with Crippen LogP contribution in [0.5, 0.6) is 5.75 Å². The number of hydrogen-bond acceptors (Lipinski definition) is 6. The van der Waals surface area contributed by atoms with Gasteiger partial charge >= 0.3 is 0 Å². The van der Waals surface area contributed by atoms with Crippen molar-refractivity contribution >= 4 is 29.0 Å². The van der Waals surface area contributed by atoms with Crippen LogP contribution in [0.3, 0.4) is 0 Å². The maximum Gasteiger partial charge on any atom is 0.255 e. The van der Waals surface area contributed by atoms with E-state index in [2.05, 4.69) is 10.2 Å². The molecule has 0 saturated carbocycles. The van der Waals surface area contributed by atoms with Crippen molar-refractivity contribution in [1.29, 1.82) is 0 Å². The minimum Gasteiger partial charge on any atom is -0.492 e. The quantitative estimate of drug-likeness (QED) is 0.591. The number of hydrogen-bond donors (Lipinski definition) is 3. The zero-order valence-corrected chi connectivity index (χ0v) is 16.9. The third-order valence-electron chi connectivity index (χ3n) is 5.55. The van der Waals surface area contributed by atoms with Crippen molar-refractivity contribution < 1.29 is 19.4 Å². The predicted molar refractivity (Wildman–Crippen MR) is 108 cm³/mol. The van der Waals surface area contributed by atoms with Crippen molar-refractivity contribution in [3.8, 4) is 5.75 Å². The van der Waals surface area contributed by atoms with Gasteiger partial charge in [0.05, 0.1) is 29.0 Å². The number of Topliss-reactive ketones (excluding diaryl/α,β-unsaturated/α-hetero) is 1. The van der Waals surface area contributed by atoms with Crippen molar-refractivity contribution in [3.05, 3.63) is 22.2 Å². The first-order valence-corrected chi connectivity index (χ1v) is 10.2. The van der Waals surface area contributed by atoms with Crippen LogP contribution >= 0.6 is 11.6 Å². The second kappa shape index (κ2) is 9.11. The molecule has 1 amide bonds. The Morgan fingerprint density at radius 2 is 2.25 bits per heavy atom. The molecule has 154 valence electrons. The molecule has 4 N–H and O–H groups in total. The molecule has 3 rings (SSSR count). The van der Waals surface area contributed by atoms with E-state index in [1.54, 1.807) is 13.0 Å². The maximum atomic E-state index is 12.7. The molecule has 0 unspecified atom stereocenters. The van der Waals surface area contributed by atoms with E-state index in [1.807, 2.05) is 0 Å². The van der Waals surface area contributed by atoms with Gasteiger partial charge in [-0.3, -0.25) is 4.79 Å². The van der Waals surface area contributed by atoms with E-state index in [9.17, 15) is 14.7 Å². The number of carbonyl (C=O) groups excluding carboxylic acids is 2. The number of nitrogens with zero attached hydrogens (tertiary/aromatic N) is 1. The van der Waals surface area contributed by atoms with Gasteiger partial charge in [0.15, 0.2) is 0 Å². The van der Waals surface area contributed by atoms with Crippen molar-refractivity contribution in [2.75, 3.05) is 38.5 Å². The number of piperidine rings is 1. The minimum absolute atomic E-state index is 0.00812. The molecule has 1 saturated heterocycles. The fourth-order valence-electron chi connectivity index (χ4n) is 3.89. The second-order valence-electron chi connectivity index (χ2n) is 7.66. The Morgan fingerprint density at radius 3 is 2.96 bits per heavy atom. The number of nitrogens with two attached hydrogens (primary N) is 1. The van der Waals surface area contributed by atoms with Gasteiger partial charge in [0.25, 0.3) is 5.91 Å². The summed E-state index contributed by atoms with van der Waals surface area (Å²) in [6.45, 7) is 4.69. The summed E-state index contributed by atoms with van der Waals surface area (Å²) in [5, 5.41) is 13.7. The second-order valence-corrected chi connectivity index (χ2v) is 8.07. The third kappa shape index (κ3) is 4.77. The smallest absolute Gasteiger partial charge is 0.255 e. The molecule has 0 aromatic heterocycles. The highest BCUT2D eigenvalue weighted by atomic mass is 35.5. The average Bonchev–Trinajstić information content (AvgIpc) is 3.13. The van der Waals surface area contributed by atoms with Crippen LogP contribution in [0.4, 0.5) is 5.69 Å². The fourth-order valence-corrected chi connectivity index (χ4v) is 4.12. The molecule has 2 heterocycles. The molecule has 2 atom stereocenters. The highest BCUT2D eigenvalue weighted by Crippen LogP contribution is 2.38. The van der Waals surface area contributed by atoms with Gasteiger partial charge in [0.1, 0.15) is 11.5 Å². The number of likely N-dealkylation sites (tertiary alicyclic amines) is 1. The SMILES string of the molecule is CC(=O)CCCN1CC[C@H](CNC(=O)c2cc(Cl)c(N)c3c2OCC3)[C@@H](O)C1. The van der Waals surface area contributed by atoms with E-state index in [1.165, 1.54) is 0 Å². The molecule has 1 aromatic rings. The highest BCUT2D eigenvalue weighted by molar-refractivity contribution is 6.33. The topological polar surface area (TPSA) is 105 Å². The summed E-state index contributed by atoms with van der Waals surface area (Å²) in [5.41, 5.74) is 7.63. The molecular weight excluding hydrogens is 382 g/mol. The molecule has 7 nitrogen and oxygen atoms in total. The monoisotopic (exact) mass is 409 g/mol. The summed E-state index contributed by atoms with van der Waals surface area (Å²) in [5.74, 6) is 0.430. The van der Waals surface area contributed by atoms with Crippen LogP contribution in [0.25, 0.3) is 0 Å². The zero-order valence-electron chi connectivity index (χ0n) is 16.2. The molecule has 2 aliphatic heterocycles. The lowest BCUT2D eigenvalue weighted by atomic mass is 9.93. The van der Waals surface area contributed by atoms with Crippen molar-refractivity contribution in [3.63, 3.8) is 0 Å². The number of nitrogens with one attached hydrogen (secondary N) is 1. The first kappa shape index (κ1) is 20.9. The van der Waals surface area contributed by atoms with Crippen molar-refractivity contribution in [1.82, 2.24) is 10.2 Å². The Morgan fingerprint density at radius 1 is 1.46 bits per heavy atom. The average molecular weight is 410 g/mol. The number of amides is 1. The van der Waals surface area contributed by atoms with Gasteiger partial charge in [-0.2, -0.15) is 0 Å². The van der Waals surface area contributed by atoms with Gasteiger partial charge in [-0.05, 0) is 38.9 Å². The lowest BCUT2D eigenvalue weighted by Gasteiger charge is -2.36. The minimum atomic E-state index is -0.511. The molecule has 0 bridgehead atoms. The van der Waals surface area contributed by atoms with Crippen LogP contribution in [0.1, 0.15) is 42.1 Å². The van der Waals surface area contributed by atoms with E-state index in [0.717, 1.165) is 31.5 Å². The summed E-state index contributed by atoms with van der Waals surface area (Å²) in [6.07, 6.45) is 2.31. The zero-order chi connectivity index (χ0) is 20.3. The van der Waals surface area contributed by atoms with Gasteiger partial charge < -0.3 is 30.6 Å². The molecule has 0 radical (unpaired) electrons. The predicted octanol–water partition coefficient (Wildman–Crippen LogP) is 1.64. The van der Waals surface area contributed by atoms with E-state index in [4.69, 9.17) is 22.1 Å². The summed E-state index contributed by atoms with van der Waals surface area (Å²) in [7, 11) is 0. The molecule has 1 fully saturated rings. The Bertz CT molecular complexity index is 755. The summed E-state index contributed by atoms with van der Waals surface area (Å²) >= 11 is 6.16. The van der Waals surface area contributed by atoms with Crippen LogP contribution in [-0.4, -0.2) is 60.6 Å². The molecule has 8 heteroatoms. The summed E-state index contributed by atoms with van der Waals surface area (Å²) < 4.78 is 5.59. The number of aliphatic hydroxyl groups excluding tert-OH is 1. The normalized spacial score (nSPS) is 21.8. The number of aliphatic hydroxyl groups is 1. The first-order chi connectivity index (χ1) is 13.4. The Labute approximate surface area is 170 Å². The summed E-state index contributed by atoms with van der Waals surface area (Å²) in [6, 6.07) is 1.55. The van der Waals surface area contributed by atoms with Crippen LogP contribution in [0.2, 0.25) is 5.02 Å². The largest absolute Gasteiger partial charge is 0.492 e. The van der Waals surface area contributed by atoms with Gasteiger partial charge in [0, 0.05) is 37.4 Å². The third-order valence-corrected chi connectivity index (χ3v) is 5.86. The molecule has 1 aromatic carbocycles. The van der Waals surface area contributed by atoms with Crippen LogP contribution < -0.4 is 15.8 Å². The standard InChI is InChI=1S/C20H28ClN3O4/c1-12(25)3-2-6-24-7-4-13(17(26)11-24)10-23-20(27)15-9-16(21)18(22)14-5-8-28-19(14)15/h9,13,17,26H,2-8,10-11,22H2,1H3,(H,23,27)/t13-,17+/m1/s1. The maximum absolute atomic E-state index is 12.7. The lowest BCUT2D eigenvalue weighted by molar-refractivity contribution is -0.117. The van der Waals surface area contributed by atoms with Gasteiger partial charge in [-0.15, -0.1) is 0 Å². The van der Waals surface area contributed by atoms with Gasteiger partial charge in [-0.25, -0.2) is 0 Å². The fraction of sp³-hybridized carbons (Fsp3) is 0.600. The molecular formula is C20H28ClN3O4. The van der Waals surface area contributed by atoms with Crippen LogP contribution in [-0.2, 0) is 11.2 Å². The molecule has 0 aliphatic carbocycles. The van der Waals surface area contributed by atoms with Crippen molar-refractivity contribution in [2.24, 2.45) is 5.92 Å². The van der Waals surface area contributed by atoms with E-state index >= 15 is 0 Å². The lowest BCUT2D eigenvalue weighted by Crippen LogP contribution is -2.47. The number of anilines is 1. The molecule has 28 heavy (non-hydrogen) atoms. The Balaban J connectivity index is 1.53. The number of nitrogen functional groups attached to an aromatic ring is 1. The van der Waals surface area contributed by atoms with Gasteiger partial charge in [0.2, 0.25) is 0 Å². The van der Waals surface area contributed by atoms with E-state index < -0.39 is 6.10 Å². The number of fused-ring (bicyclic) bond motifs is 1. The van der Waals surface area contributed by atoms with Crippen LogP contribution in [0.15, 0.2) is 6.07 Å². The number of carbonyl (C=O) groups is 2. The Hall–Kier alpha value is -1.83. The first-order valence-electron chi connectivity index (χ1n) is 9.78. The molecule has 0 spiro atoms. The van der Waals surface area contributed by atoms with E-state index in [-0.39, 0.29) is 17.6 Å². The number of ketones is 1. The molecule has 2 aliphatic rings. The summed E-state index contributed by atoms with van der Waals surface area (Å²) in [4.78, 5) is 25.9. The van der Waals surface area contributed by atoms with E-state index in [0.29, 0.717) is 54.6 Å². The number of rotatable bonds is 7. The Kier molecular flexibility index (Phi) is 6.80. The van der Waals surface area contributed by atoms with Gasteiger partial charge in [-0.1, -0.05) is 11.6 Å². The number of benzene rings is 1. The number of halogens is 1.